The maximum absolute atomic E-state index is 12.3. The van der Waals surface area contributed by atoms with E-state index in [-0.39, 0.29) is 23.7 Å². The molecule has 0 unspecified atom stereocenters. The first-order valence-electron chi connectivity index (χ1n) is 9.08. The van der Waals surface area contributed by atoms with Gasteiger partial charge in [-0.05, 0) is 52.8 Å². The third kappa shape index (κ3) is 3.37. The Hall–Kier alpha value is -2.59. The highest BCUT2D eigenvalue weighted by Crippen LogP contribution is 2.48. The fraction of sp³-hybridized carbons (Fsp3) is 0.273. The zero-order chi connectivity index (χ0) is 19.1. The lowest BCUT2D eigenvalue weighted by molar-refractivity contribution is -0.122. The normalized spacial score (nSPS) is 20.2. The SMILES string of the molecule is CNC(=O)[C@@H]1C[C@@H]1c1ccc2c(c1)CN(C(C)=O)c1ccc(Cl)cc1C=C2. The number of rotatable bonds is 2. The van der Waals surface area contributed by atoms with Crippen molar-refractivity contribution in [3.63, 3.8) is 0 Å². The first-order chi connectivity index (χ1) is 13.0. The summed E-state index contributed by atoms with van der Waals surface area (Å²) >= 11 is 6.14. The standard InChI is InChI=1S/C22H21ClN2O2/c1-13(26)25-12-17-9-15(19-11-20(19)22(27)24-2)5-3-14(17)4-6-16-10-18(23)7-8-21(16)25/h3-10,19-20H,11-12H2,1-2H3,(H,24,27)/t19-,20-/m1/s1. The zero-order valence-corrected chi connectivity index (χ0v) is 16.1. The molecule has 0 radical (unpaired) electrons. The predicted molar refractivity (Wildman–Crippen MR) is 109 cm³/mol. The monoisotopic (exact) mass is 380 g/mol. The number of fused-ring (bicyclic) bond motifs is 2. The van der Waals surface area contributed by atoms with Crippen LogP contribution in [0.5, 0.6) is 0 Å². The Labute approximate surface area is 163 Å². The van der Waals surface area contributed by atoms with Crippen molar-refractivity contribution in [1.29, 1.82) is 0 Å². The topological polar surface area (TPSA) is 49.4 Å². The lowest BCUT2D eigenvalue weighted by Crippen LogP contribution is -2.29. The van der Waals surface area contributed by atoms with E-state index >= 15 is 0 Å². The van der Waals surface area contributed by atoms with Crippen molar-refractivity contribution in [3.8, 4) is 0 Å². The van der Waals surface area contributed by atoms with Gasteiger partial charge in [-0.1, -0.05) is 42.0 Å². The zero-order valence-electron chi connectivity index (χ0n) is 15.3. The molecule has 1 fully saturated rings. The van der Waals surface area contributed by atoms with Gasteiger partial charge < -0.3 is 10.2 Å². The minimum Gasteiger partial charge on any atom is -0.359 e. The lowest BCUT2D eigenvalue weighted by Gasteiger charge is -2.26. The number of anilines is 1. The summed E-state index contributed by atoms with van der Waals surface area (Å²) in [4.78, 5) is 26.0. The Kier molecular flexibility index (Phi) is 4.52. The van der Waals surface area contributed by atoms with Crippen LogP contribution in [0, 0.1) is 5.92 Å². The molecular weight excluding hydrogens is 360 g/mol. The molecule has 27 heavy (non-hydrogen) atoms. The fourth-order valence-electron chi connectivity index (χ4n) is 3.82. The molecule has 138 valence electrons. The molecule has 1 aliphatic carbocycles. The van der Waals surface area contributed by atoms with Gasteiger partial charge in [0.15, 0.2) is 0 Å². The molecule has 1 saturated carbocycles. The van der Waals surface area contributed by atoms with Crippen LogP contribution in [0.15, 0.2) is 36.4 Å². The second kappa shape index (κ2) is 6.86. The van der Waals surface area contributed by atoms with Crippen LogP contribution in [0.2, 0.25) is 5.02 Å². The van der Waals surface area contributed by atoms with Crippen molar-refractivity contribution in [3.05, 3.63) is 63.7 Å². The summed E-state index contributed by atoms with van der Waals surface area (Å²) in [5.41, 5.74) is 5.11. The number of amides is 2. The van der Waals surface area contributed by atoms with Gasteiger partial charge in [0, 0.05) is 24.9 Å². The average molecular weight is 381 g/mol. The van der Waals surface area contributed by atoms with E-state index in [0.29, 0.717) is 11.6 Å². The Morgan fingerprint density at radius 3 is 2.63 bits per heavy atom. The molecule has 1 N–H and O–H groups in total. The number of hydrogen-bond donors (Lipinski definition) is 1. The van der Waals surface area contributed by atoms with Crippen molar-refractivity contribution < 1.29 is 9.59 Å². The summed E-state index contributed by atoms with van der Waals surface area (Å²) in [5, 5.41) is 3.38. The molecule has 5 heteroatoms. The highest BCUT2D eigenvalue weighted by Gasteiger charge is 2.43. The van der Waals surface area contributed by atoms with Crippen molar-refractivity contribution in [2.45, 2.75) is 25.8 Å². The van der Waals surface area contributed by atoms with Gasteiger partial charge >= 0.3 is 0 Å². The first-order valence-corrected chi connectivity index (χ1v) is 9.46. The maximum atomic E-state index is 12.3. The number of benzene rings is 2. The number of hydrogen-bond acceptors (Lipinski definition) is 2. The molecule has 2 atom stereocenters. The Morgan fingerprint density at radius 1 is 1.11 bits per heavy atom. The number of carbonyl (C=O) groups excluding carboxylic acids is 2. The molecule has 4 nitrogen and oxygen atoms in total. The maximum Gasteiger partial charge on any atom is 0.224 e. The molecular formula is C22H21ClN2O2. The molecule has 2 amide bonds. The van der Waals surface area contributed by atoms with Gasteiger partial charge in [-0.25, -0.2) is 0 Å². The van der Waals surface area contributed by atoms with Crippen molar-refractivity contribution in [1.82, 2.24) is 5.32 Å². The number of nitrogens with one attached hydrogen (secondary N) is 1. The molecule has 1 aliphatic heterocycles. The van der Waals surface area contributed by atoms with E-state index in [1.54, 1.807) is 24.9 Å². The highest BCUT2D eigenvalue weighted by molar-refractivity contribution is 6.30. The van der Waals surface area contributed by atoms with Crippen LogP contribution in [-0.2, 0) is 16.1 Å². The number of carbonyl (C=O) groups is 2. The van der Waals surface area contributed by atoms with Crippen LogP contribution in [0.4, 0.5) is 5.69 Å². The molecule has 0 saturated heterocycles. The van der Waals surface area contributed by atoms with Gasteiger partial charge in [0.25, 0.3) is 0 Å². The minimum atomic E-state index is -0.0140. The molecule has 0 bridgehead atoms. The summed E-state index contributed by atoms with van der Waals surface area (Å²) in [5.74, 6) is 0.410. The summed E-state index contributed by atoms with van der Waals surface area (Å²) in [6.45, 7) is 2.07. The molecule has 2 aliphatic rings. The van der Waals surface area contributed by atoms with Gasteiger partial charge in [-0.15, -0.1) is 0 Å². The van der Waals surface area contributed by atoms with E-state index in [1.807, 2.05) is 18.2 Å². The van der Waals surface area contributed by atoms with Crippen LogP contribution in [0.1, 0.15) is 41.5 Å². The quantitative estimate of drug-likeness (QED) is 0.847. The molecule has 1 heterocycles. The Bertz CT molecular complexity index is 967. The first kappa shape index (κ1) is 17.8. The third-order valence-electron chi connectivity index (χ3n) is 5.40. The molecule has 4 rings (SSSR count). The second-order valence-corrected chi connectivity index (χ2v) is 7.60. The average Bonchev–Trinajstić information content (AvgIpc) is 3.43. The van der Waals surface area contributed by atoms with Gasteiger partial charge in [-0.2, -0.15) is 0 Å². The smallest absolute Gasteiger partial charge is 0.224 e. The van der Waals surface area contributed by atoms with E-state index in [4.69, 9.17) is 11.6 Å². The van der Waals surface area contributed by atoms with Gasteiger partial charge in [0.1, 0.15) is 0 Å². The van der Waals surface area contributed by atoms with Crippen molar-refractivity contribution >= 4 is 41.3 Å². The van der Waals surface area contributed by atoms with Crippen LogP contribution in [0.3, 0.4) is 0 Å². The number of nitrogens with zero attached hydrogens (tertiary/aromatic N) is 1. The van der Waals surface area contributed by atoms with Crippen LogP contribution in [-0.4, -0.2) is 18.9 Å². The van der Waals surface area contributed by atoms with Crippen LogP contribution in [0.25, 0.3) is 12.2 Å². The van der Waals surface area contributed by atoms with Gasteiger partial charge in [0.05, 0.1) is 12.2 Å². The summed E-state index contributed by atoms with van der Waals surface area (Å²) < 4.78 is 0. The number of halogens is 1. The highest BCUT2D eigenvalue weighted by atomic mass is 35.5. The summed E-state index contributed by atoms with van der Waals surface area (Å²) in [7, 11) is 1.68. The Morgan fingerprint density at radius 2 is 1.89 bits per heavy atom. The van der Waals surface area contributed by atoms with E-state index in [9.17, 15) is 9.59 Å². The van der Waals surface area contributed by atoms with Crippen molar-refractivity contribution in [2.75, 3.05) is 11.9 Å². The molecule has 0 aromatic heterocycles. The lowest BCUT2D eigenvalue weighted by atomic mass is 9.97. The minimum absolute atomic E-state index is 0.0140. The van der Waals surface area contributed by atoms with Crippen LogP contribution < -0.4 is 10.2 Å². The predicted octanol–water partition coefficient (Wildman–Crippen LogP) is 4.23. The molecule has 2 aromatic rings. The fourth-order valence-corrected chi connectivity index (χ4v) is 4.00. The summed E-state index contributed by atoms with van der Waals surface area (Å²) in [6, 6.07) is 11.9. The van der Waals surface area contributed by atoms with E-state index in [1.165, 1.54) is 0 Å². The van der Waals surface area contributed by atoms with Gasteiger partial charge in [0.2, 0.25) is 11.8 Å². The second-order valence-electron chi connectivity index (χ2n) is 7.16. The van der Waals surface area contributed by atoms with Crippen molar-refractivity contribution in [2.24, 2.45) is 5.92 Å². The van der Waals surface area contributed by atoms with E-state index in [2.05, 4.69) is 29.6 Å². The molecule has 2 aromatic carbocycles. The summed E-state index contributed by atoms with van der Waals surface area (Å²) in [6.07, 6.45) is 4.94. The van der Waals surface area contributed by atoms with Crippen LogP contribution >= 0.6 is 11.6 Å². The van der Waals surface area contributed by atoms with Gasteiger partial charge in [-0.3, -0.25) is 9.59 Å². The largest absolute Gasteiger partial charge is 0.359 e. The van der Waals surface area contributed by atoms with E-state index < -0.39 is 0 Å². The Balaban J connectivity index is 1.73. The third-order valence-corrected chi connectivity index (χ3v) is 5.64. The van der Waals surface area contributed by atoms with E-state index in [0.717, 1.165) is 34.4 Å². The molecule has 0 spiro atoms.